The molecule has 2 N–H and O–H groups in total. The van der Waals surface area contributed by atoms with E-state index < -0.39 is 24.3 Å². The lowest BCUT2D eigenvalue weighted by molar-refractivity contribution is -0.138. The van der Waals surface area contributed by atoms with Gasteiger partial charge < -0.3 is 10.2 Å². The maximum Gasteiger partial charge on any atom is 0.416 e. The second kappa shape index (κ2) is 7.55. The van der Waals surface area contributed by atoms with Crippen LogP contribution < -0.4 is 0 Å². The Bertz CT molecular complexity index is 565. The normalized spacial score (nSPS) is 19.7. The van der Waals surface area contributed by atoms with Gasteiger partial charge in [-0.15, -0.1) is 0 Å². The molecule has 1 unspecified atom stereocenters. The maximum absolute atomic E-state index is 12.9. The number of aliphatic carboxylic acids is 1. The fourth-order valence-corrected chi connectivity index (χ4v) is 3.76. The number of hydrogen-bond donors (Lipinski definition) is 2. The molecule has 8 heteroatoms. The Morgan fingerprint density at radius 2 is 2.00 bits per heavy atom. The van der Waals surface area contributed by atoms with Crippen molar-refractivity contribution in [2.75, 3.05) is 18.1 Å². The summed E-state index contributed by atoms with van der Waals surface area (Å²) >= 11 is 1.65. The predicted molar refractivity (Wildman–Crippen MR) is 81.1 cm³/mol. The predicted octanol–water partition coefficient (Wildman–Crippen LogP) is 2.59. The van der Waals surface area contributed by atoms with Crippen LogP contribution in [0.5, 0.6) is 0 Å². The van der Waals surface area contributed by atoms with Crippen molar-refractivity contribution in [1.29, 1.82) is 0 Å². The highest BCUT2D eigenvalue weighted by Crippen LogP contribution is 2.31. The third kappa shape index (κ3) is 5.12. The Morgan fingerprint density at radius 1 is 1.30 bits per heavy atom. The highest BCUT2D eigenvalue weighted by molar-refractivity contribution is 7.99. The summed E-state index contributed by atoms with van der Waals surface area (Å²) in [5, 5.41) is 18.1. The summed E-state index contributed by atoms with van der Waals surface area (Å²) < 4.78 is 38.8. The standard InChI is InChI=1S/C15H18F3NO3S/c16-15(17,18)12-4-10(3-11(5-12)8-20)7-19-1-2-23-9-13(19)6-14(21)22/h3-5,13,20H,1-2,6-9H2,(H,21,22). The summed E-state index contributed by atoms with van der Waals surface area (Å²) in [5.74, 6) is 0.558. The molecule has 2 rings (SSSR count). The van der Waals surface area contributed by atoms with E-state index in [2.05, 4.69) is 0 Å². The van der Waals surface area contributed by atoms with Gasteiger partial charge in [-0.3, -0.25) is 9.69 Å². The van der Waals surface area contributed by atoms with Crippen LogP contribution in [0.1, 0.15) is 23.1 Å². The smallest absolute Gasteiger partial charge is 0.416 e. The highest BCUT2D eigenvalue weighted by atomic mass is 32.2. The highest BCUT2D eigenvalue weighted by Gasteiger charge is 2.32. The largest absolute Gasteiger partial charge is 0.481 e. The number of benzene rings is 1. The van der Waals surface area contributed by atoms with E-state index in [4.69, 9.17) is 10.2 Å². The van der Waals surface area contributed by atoms with E-state index >= 15 is 0 Å². The van der Waals surface area contributed by atoms with Crippen LogP contribution in [-0.4, -0.2) is 45.2 Å². The number of halogens is 3. The van der Waals surface area contributed by atoms with Gasteiger partial charge in [-0.25, -0.2) is 0 Å². The van der Waals surface area contributed by atoms with Gasteiger partial charge in [0.2, 0.25) is 0 Å². The molecule has 0 bridgehead atoms. The summed E-state index contributed by atoms with van der Waals surface area (Å²) in [7, 11) is 0. The van der Waals surface area contributed by atoms with E-state index in [1.807, 2.05) is 4.90 Å². The first-order valence-electron chi connectivity index (χ1n) is 7.14. The third-order valence-electron chi connectivity index (χ3n) is 3.71. The van der Waals surface area contributed by atoms with Crippen molar-refractivity contribution in [3.8, 4) is 0 Å². The van der Waals surface area contributed by atoms with Gasteiger partial charge in [0.05, 0.1) is 18.6 Å². The van der Waals surface area contributed by atoms with Gasteiger partial charge >= 0.3 is 12.1 Å². The van der Waals surface area contributed by atoms with Crippen LogP contribution >= 0.6 is 11.8 Å². The molecular weight excluding hydrogens is 331 g/mol. The van der Waals surface area contributed by atoms with Crippen molar-refractivity contribution in [1.82, 2.24) is 4.90 Å². The quantitative estimate of drug-likeness (QED) is 0.856. The van der Waals surface area contributed by atoms with E-state index in [0.29, 0.717) is 17.9 Å². The molecule has 1 aliphatic rings. The number of aliphatic hydroxyl groups excluding tert-OH is 1. The van der Waals surface area contributed by atoms with Crippen molar-refractivity contribution in [2.24, 2.45) is 0 Å². The summed E-state index contributed by atoms with van der Waals surface area (Å²) in [6, 6.07) is 3.34. The number of carboxylic acid groups (broad SMARTS) is 1. The molecule has 4 nitrogen and oxygen atoms in total. The van der Waals surface area contributed by atoms with Crippen molar-refractivity contribution in [2.45, 2.75) is 31.8 Å². The third-order valence-corrected chi connectivity index (χ3v) is 4.80. The molecule has 128 valence electrons. The van der Waals surface area contributed by atoms with Crippen LogP contribution in [0.25, 0.3) is 0 Å². The number of rotatable bonds is 5. The minimum atomic E-state index is -4.47. The van der Waals surface area contributed by atoms with Gasteiger partial charge in [0, 0.05) is 30.6 Å². The molecule has 0 saturated carbocycles. The maximum atomic E-state index is 12.9. The molecule has 1 atom stereocenters. The van der Waals surface area contributed by atoms with Gasteiger partial charge in [0.25, 0.3) is 0 Å². The first kappa shape index (κ1) is 18.1. The lowest BCUT2D eigenvalue weighted by Gasteiger charge is -2.34. The van der Waals surface area contributed by atoms with Crippen molar-refractivity contribution in [3.63, 3.8) is 0 Å². The molecule has 0 radical (unpaired) electrons. The minimum Gasteiger partial charge on any atom is -0.481 e. The Labute approximate surface area is 136 Å². The van der Waals surface area contributed by atoms with E-state index in [1.54, 1.807) is 11.8 Å². The molecule has 1 fully saturated rings. The van der Waals surface area contributed by atoms with Crippen LogP contribution in [0.15, 0.2) is 18.2 Å². The van der Waals surface area contributed by atoms with Gasteiger partial charge in [-0.1, -0.05) is 6.07 Å². The van der Waals surface area contributed by atoms with Gasteiger partial charge in [0.1, 0.15) is 0 Å². The number of aliphatic hydroxyl groups is 1. The van der Waals surface area contributed by atoms with Crippen molar-refractivity contribution in [3.05, 3.63) is 34.9 Å². The van der Waals surface area contributed by atoms with Crippen molar-refractivity contribution >= 4 is 17.7 Å². The SMILES string of the molecule is O=C(O)CC1CSCCN1Cc1cc(CO)cc(C(F)(F)F)c1. The summed E-state index contributed by atoms with van der Waals surface area (Å²) in [4.78, 5) is 12.8. The molecule has 1 heterocycles. The zero-order valence-corrected chi connectivity index (χ0v) is 13.2. The monoisotopic (exact) mass is 349 g/mol. The van der Waals surface area contributed by atoms with Crippen LogP contribution in [0, 0.1) is 0 Å². The fourth-order valence-electron chi connectivity index (χ4n) is 2.63. The molecule has 23 heavy (non-hydrogen) atoms. The first-order valence-corrected chi connectivity index (χ1v) is 8.29. The summed E-state index contributed by atoms with van der Waals surface area (Å²) in [5.41, 5.74) is -0.151. The second-order valence-corrected chi connectivity index (χ2v) is 6.64. The Kier molecular flexibility index (Phi) is 5.94. The summed E-state index contributed by atoms with van der Waals surface area (Å²) in [6.45, 7) is 0.411. The topological polar surface area (TPSA) is 60.8 Å². The number of thioether (sulfide) groups is 1. The van der Waals surface area contributed by atoms with Crippen LogP contribution in [-0.2, 0) is 24.1 Å². The average Bonchev–Trinajstić information content (AvgIpc) is 2.47. The van der Waals surface area contributed by atoms with E-state index in [1.165, 1.54) is 6.07 Å². The molecule has 0 aromatic heterocycles. The van der Waals surface area contributed by atoms with Crippen LogP contribution in [0.4, 0.5) is 13.2 Å². The van der Waals surface area contributed by atoms with Gasteiger partial charge in [-0.05, 0) is 23.3 Å². The molecule has 0 spiro atoms. The lowest BCUT2D eigenvalue weighted by atomic mass is 10.0. The first-order chi connectivity index (χ1) is 10.8. The lowest BCUT2D eigenvalue weighted by Crippen LogP contribution is -2.43. The Morgan fingerprint density at radius 3 is 2.61 bits per heavy atom. The number of carboxylic acids is 1. The minimum absolute atomic E-state index is 0.0289. The molecule has 1 saturated heterocycles. The molecule has 0 aliphatic carbocycles. The Balaban J connectivity index is 2.21. The number of carbonyl (C=O) groups is 1. The van der Waals surface area contributed by atoms with Gasteiger partial charge in [0.15, 0.2) is 0 Å². The number of nitrogens with zero attached hydrogens (tertiary/aromatic N) is 1. The van der Waals surface area contributed by atoms with Crippen LogP contribution in [0.3, 0.4) is 0 Å². The molecule has 1 aliphatic heterocycles. The molecule has 1 aromatic rings. The molecule has 1 aromatic carbocycles. The second-order valence-electron chi connectivity index (χ2n) is 5.49. The van der Waals surface area contributed by atoms with E-state index in [0.717, 1.165) is 17.9 Å². The van der Waals surface area contributed by atoms with Crippen LogP contribution in [0.2, 0.25) is 0 Å². The van der Waals surface area contributed by atoms with E-state index in [9.17, 15) is 18.0 Å². The fraction of sp³-hybridized carbons (Fsp3) is 0.533. The molecule has 0 amide bonds. The van der Waals surface area contributed by atoms with E-state index in [-0.39, 0.29) is 24.6 Å². The zero-order chi connectivity index (χ0) is 17.0. The Hall–Kier alpha value is -1.25. The van der Waals surface area contributed by atoms with Crippen molar-refractivity contribution < 1.29 is 28.2 Å². The average molecular weight is 349 g/mol. The zero-order valence-electron chi connectivity index (χ0n) is 12.3. The van der Waals surface area contributed by atoms with Gasteiger partial charge in [-0.2, -0.15) is 24.9 Å². The molecular formula is C15H18F3NO3S. The number of hydrogen-bond acceptors (Lipinski definition) is 4. The summed E-state index contributed by atoms with van der Waals surface area (Å²) in [6.07, 6.45) is -4.50. The number of alkyl halides is 3.